The summed E-state index contributed by atoms with van der Waals surface area (Å²) in [7, 11) is 1.29. The normalized spacial score (nSPS) is 15.0. The van der Waals surface area contributed by atoms with Crippen LogP contribution in [0.3, 0.4) is 0 Å². The number of rotatable bonds is 16. The highest BCUT2D eigenvalue weighted by Crippen LogP contribution is 2.41. The highest BCUT2D eigenvalue weighted by atomic mass is 35.5. The molecule has 0 radical (unpaired) electrons. The van der Waals surface area contributed by atoms with Crippen molar-refractivity contribution in [3.05, 3.63) is 87.2 Å². The van der Waals surface area contributed by atoms with Gasteiger partial charge in [0.15, 0.2) is 0 Å². The van der Waals surface area contributed by atoms with Crippen molar-refractivity contribution in [2.75, 3.05) is 58.9 Å². The maximum absolute atomic E-state index is 12.9. The number of methoxy groups -OCH3 is 1. The molecule has 0 bridgehead atoms. The fourth-order valence-corrected chi connectivity index (χ4v) is 5.84. The molecule has 0 aromatic heterocycles. The maximum Gasteiger partial charge on any atom is 0.338 e. The number of likely N-dealkylation sites (N-methyl/N-ethyl adjacent to an activating group) is 1. The number of benzene rings is 2. The van der Waals surface area contributed by atoms with Crippen molar-refractivity contribution in [2.45, 2.75) is 59.9 Å². The van der Waals surface area contributed by atoms with Crippen molar-refractivity contribution in [1.82, 2.24) is 10.2 Å². The van der Waals surface area contributed by atoms with Crippen LogP contribution in [-0.2, 0) is 28.5 Å². The van der Waals surface area contributed by atoms with E-state index in [1.54, 1.807) is 62.4 Å². The predicted octanol–water partition coefficient (Wildman–Crippen LogP) is 5.45. The van der Waals surface area contributed by atoms with Gasteiger partial charge in [-0.1, -0.05) is 57.5 Å². The summed E-state index contributed by atoms with van der Waals surface area (Å²) in [6.45, 7) is 15.4. The Morgan fingerprint density at radius 1 is 0.939 bits per heavy atom. The Hall–Kier alpha value is -3.90. The number of nitrogens with two attached hydrogens (primary N) is 2. The van der Waals surface area contributed by atoms with Crippen LogP contribution in [0.25, 0.3) is 0 Å². The molecule has 49 heavy (non-hydrogen) atoms. The van der Waals surface area contributed by atoms with Crippen LogP contribution < -0.4 is 16.8 Å². The lowest BCUT2D eigenvalue weighted by Gasteiger charge is -2.31. The van der Waals surface area contributed by atoms with Gasteiger partial charge in [-0.25, -0.2) is 14.4 Å². The Bertz CT molecular complexity index is 1440. The number of carbonyl (C=O) groups excluding carboxylic acids is 3. The summed E-state index contributed by atoms with van der Waals surface area (Å²) in [4.78, 5) is 39.9. The minimum atomic E-state index is -0.752. The molecule has 0 saturated heterocycles. The average Bonchev–Trinajstić information content (AvgIpc) is 3.07. The third-order valence-electron chi connectivity index (χ3n) is 7.90. The largest absolute Gasteiger partial charge is 0.466 e. The molecular formula is C37H53ClN4O7. The van der Waals surface area contributed by atoms with E-state index in [0.29, 0.717) is 64.5 Å². The summed E-state index contributed by atoms with van der Waals surface area (Å²) in [5.41, 5.74) is 14.5. The van der Waals surface area contributed by atoms with Gasteiger partial charge in [0, 0.05) is 29.0 Å². The van der Waals surface area contributed by atoms with Gasteiger partial charge in [0.25, 0.3) is 0 Å². The Balaban J connectivity index is 0.000000355. The van der Waals surface area contributed by atoms with E-state index >= 15 is 0 Å². The first-order valence-electron chi connectivity index (χ1n) is 16.7. The van der Waals surface area contributed by atoms with Crippen LogP contribution in [0.15, 0.2) is 71.1 Å². The van der Waals surface area contributed by atoms with Gasteiger partial charge in [-0.15, -0.1) is 0 Å². The van der Waals surface area contributed by atoms with E-state index in [2.05, 4.69) is 37.9 Å². The summed E-state index contributed by atoms with van der Waals surface area (Å²) in [6.07, 6.45) is 1.02. The number of anilines is 1. The lowest BCUT2D eigenvalue weighted by molar-refractivity contribution is -0.139. The second kappa shape index (κ2) is 21.2. The van der Waals surface area contributed by atoms with E-state index in [-0.39, 0.29) is 30.8 Å². The number of ether oxygens (including phenoxy) is 4. The number of hydrogen-bond donors (Lipinski definition) is 3. The quantitative estimate of drug-likeness (QED) is 0.0886. The Labute approximate surface area is 295 Å². The van der Waals surface area contributed by atoms with Crippen LogP contribution in [0.1, 0.15) is 69.8 Å². The third-order valence-corrected chi connectivity index (χ3v) is 8.24. The Kier molecular flexibility index (Phi) is 17.9. The summed E-state index contributed by atoms with van der Waals surface area (Å²) in [5.74, 6) is -1.57. The number of halogens is 1. The van der Waals surface area contributed by atoms with Crippen molar-refractivity contribution in [3.63, 3.8) is 0 Å². The number of allylic oxidation sites excluding steroid dienone is 1. The lowest BCUT2D eigenvalue weighted by Crippen LogP contribution is -2.40. The second-order valence-corrected chi connectivity index (χ2v) is 12.2. The van der Waals surface area contributed by atoms with Gasteiger partial charge >= 0.3 is 17.9 Å². The molecule has 11 nitrogen and oxygen atoms in total. The van der Waals surface area contributed by atoms with Crippen molar-refractivity contribution < 1.29 is 33.3 Å². The van der Waals surface area contributed by atoms with E-state index in [1.807, 2.05) is 0 Å². The van der Waals surface area contributed by atoms with Crippen LogP contribution >= 0.6 is 11.6 Å². The van der Waals surface area contributed by atoms with Gasteiger partial charge < -0.3 is 35.7 Å². The minimum absolute atomic E-state index is 0.109. The summed E-state index contributed by atoms with van der Waals surface area (Å²) < 4.78 is 21.3. The number of nitrogen functional groups attached to an aromatic ring is 1. The molecule has 0 saturated carbocycles. The van der Waals surface area contributed by atoms with Crippen LogP contribution in [0, 0.1) is 5.92 Å². The highest BCUT2D eigenvalue weighted by molar-refractivity contribution is 6.31. The topological polar surface area (TPSA) is 155 Å². The molecule has 1 aliphatic rings. The monoisotopic (exact) mass is 700 g/mol. The summed E-state index contributed by atoms with van der Waals surface area (Å²) >= 11 is 6.42. The third kappa shape index (κ3) is 12.2. The molecule has 0 aliphatic carbocycles. The molecule has 270 valence electrons. The number of nitrogens with one attached hydrogen (secondary N) is 1. The van der Waals surface area contributed by atoms with E-state index in [9.17, 15) is 14.4 Å². The molecule has 3 rings (SSSR count). The SMILES string of the molecule is CCN(CC)C(COC(=O)c1ccc(N)cc1)CC(C)C.CCOC(=O)C1=C(COCCN)NC(C)=C(C(=O)OC)C1c1ccccc1Cl. The van der Waals surface area contributed by atoms with Crippen molar-refractivity contribution in [1.29, 1.82) is 0 Å². The molecule has 0 amide bonds. The number of nitrogens with zero attached hydrogens (tertiary/aromatic N) is 1. The summed E-state index contributed by atoms with van der Waals surface area (Å²) in [6, 6.07) is 14.2. The minimum Gasteiger partial charge on any atom is -0.466 e. The molecule has 0 fully saturated rings. The Morgan fingerprint density at radius 3 is 2.14 bits per heavy atom. The van der Waals surface area contributed by atoms with Crippen molar-refractivity contribution in [2.24, 2.45) is 11.7 Å². The molecule has 2 unspecified atom stereocenters. The molecule has 5 N–H and O–H groups in total. The van der Waals surface area contributed by atoms with Crippen molar-refractivity contribution in [3.8, 4) is 0 Å². The Morgan fingerprint density at radius 2 is 1.59 bits per heavy atom. The molecule has 1 aliphatic heterocycles. The second-order valence-electron chi connectivity index (χ2n) is 11.8. The zero-order chi connectivity index (χ0) is 36.5. The van der Waals surface area contributed by atoms with E-state index in [0.717, 1.165) is 19.5 Å². The molecule has 2 aromatic carbocycles. The van der Waals surface area contributed by atoms with E-state index in [4.69, 9.17) is 42.0 Å². The molecule has 12 heteroatoms. The molecule has 2 atom stereocenters. The predicted molar refractivity (Wildman–Crippen MR) is 193 cm³/mol. The maximum atomic E-state index is 12.9. The standard InChI is InChI=1S/C20H25ClN2O5.C17H28N2O2/c1-4-28-20(25)18-15(11-27-10-9-22)23-12(2)16(19(24)26-3)17(18)13-7-5-6-8-14(13)21;1-5-19(6-2)16(11-13(3)4)12-21-17(20)14-7-9-15(18)10-8-14/h5-8,17,23H,4,9-11,22H2,1-3H3;7-10,13,16H,5-6,11-12,18H2,1-4H3. The molecular weight excluding hydrogens is 648 g/mol. The van der Waals surface area contributed by atoms with E-state index in [1.165, 1.54) is 7.11 Å². The number of dihydropyridines is 1. The van der Waals surface area contributed by atoms with Gasteiger partial charge in [0.2, 0.25) is 0 Å². The molecule has 0 spiro atoms. The van der Waals surface area contributed by atoms with Crippen LogP contribution in [0.2, 0.25) is 5.02 Å². The smallest absolute Gasteiger partial charge is 0.338 e. The van der Waals surface area contributed by atoms with Gasteiger partial charge in [-0.2, -0.15) is 0 Å². The van der Waals surface area contributed by atoms with Gasteiger partial charge in [0.1, 0.15) is 6.61 Å². The fourth-order valence-electron chi connectivity index (χ4n) is 5.60. The van der Waals surface area contributed by atoms with Crippen LogP contribution in [-0.4, -0.2) is 82.0 Å². The highest BCUT2D eigenvalue weighted by Gasteiger charge is 2.39. The first-order chi connectivity index (χ1) is 23.4. The van der Waals surface area contributed by atoms with Gasteiger partial charge in [-0.05, 0) is 75.2 Å². The first kappa shape index (κ1) is 41.3. The summed E-state index contributed by atoms with van der Waals surface area (Å²) in [5, 5.41) is 3.52. The fraction of sp³-hybridized carbons (Fsp3) is 0.486. The van der Waals surface area contributed by atoms with E-state index < -0.39 is 17.9 Å². The number of carbonyl (C=O) groups is 3. The zero-order valence-electron chi connectivity index (χ0n) is 29.8. The lowest BCUT2D eigenvalue weighted by atomic mass is 9.80. The molecule has 1 heterocycles. The van der Waals surface area contributed by atoms with Crippen LogP contribution in [0.5, 0.6) is 0 Å². The number of esters is 3. The van der Waals surface area contributed by atoms with Gasteiger partial charge in [-0.3, -0.25) is 4.90 Å². The number of hydrogen-bond acceptors (Lipinski definition) is 11. The van der Waals surface area contributed by atoms with Crippen molar-refractivity contribution >= 4 is 35.2 Å². The molecule has 2 aromatic rings. The first-order valence-corrected chi connectivity index (χ1v) is 17.1. The zero-order valence-corrected chi connectivity index (χ0v) is 30.6. The van der Waals surface area contributed by atoms with Crippen LogP contribution in [0.4, 0.5) is 5.69 Å². The van der Waals surface area contributed by atoms with Gasteiger partial charge in [0.05, 0.1) is 55.3 Å². The average molecular weight is 701 g/mol.